The third-order valence-corrected chi connectivity index (χ3v) is 3.92. The van der Waals surface area contributed by atoms with E-state index in [1.54, 1.807) is 0 Å². The first-order chi connectivity index (χ1) is 10.1. The van der Waals surface area contributed by atoms with Crippen molar-refractivity contribution in [3.63, 3.8) is 0 Å². The highest BCUT2D eigenvalue weighted by molar-refractivity contribution is 5.42. The minimum Gasteiger partial charge on any atom is -0.493 e. The van der Waals surface area contributed by atoms with Gasteiger partial charge in [0.2, 0.25) is 0 Å². The number of ether oxygens (including phenoxy) is 1. The zero-order valence-electron chi connectivity index (χ0n) is 14.5. The molecule has 2 N–H and O–H groups in total. The molecule has 0 aromatic heterocycles. The molecule has 0 spiro atoms. The Morgan fingerprint density at radius 1 is 0.857 bits per heavy atom. The van der Waals surface area contributed by atoms with Gasteiger partial charge in [-0.1, -0.05) is 31.0 Å². The molecular formula is C19H34NO+. The van der Waals surface area contributed by atoms with E-state index >= 15 is 0 Å². The van der Waals surface area contributed by atoms with Gasteiger partial charge in [0.1, 0.15) is 5.75 Å². The van der Waals surface area contributed by atoms with Crippen LogP contribution in [0.4, 0.5) is 0 Å². The summed E-state index contributed by atoms with van der Waals surface area (Å²) in [7, 11) is 0. The van der Waals surface area contributed by atoms with Gasteiger partial charge in [-0.05, 0) is 64.0 Å². The van der Waals surface area contributed by atoms with Gasteiger partial charge in [-0.3, -0.25) is 0 Å². The fraction of sp³-hybridized carbons (Fsp3) is 0.684. The Morgan fingerprint density at radius 2 is 1.48 bits per heavy atom. The monoisotopic (exact) mass is 292 g/mol. The van der Waals surface area contributed by atoms with Crippen LogP contribution in [0.1, 0.15) is 62.1 Å². The van der Waals surface area contributed by atoms with Gasteiger partial charge in [-0.15, -0.1) is 0 Å². The summed E-state index contributed by atoms with van der Waals surface area (Å²) in [6, 6.07) is 4.41. The number of rotatable bonds is 11. The molecule has 1 aromatic carbocycles. The van der Waals surface area contributed by atoms with Crippen molar-refractivity contribution in [2.75, 3.05) is 19.7 Å². The van der Waals surface area contributed by atoms with Crippen molar-refractivity contribution in [1.82, 2.24) is 0 Å². The van der Waals surface area contributed by atoms with Crippen LogP contribution in [0.3, 0.4) is 0 Å². The summed E-state index contributed by atoms with van der Waals surface area (Å²) in [5.74, 6) is 1.09. The lowest BCUT2D eigenvalue weighted by molar-refractivity contribution is -0.655. The van der Waals surface area contributed by atoms with E-state index in [4.69, 9.17) is 4.74 Å². The van der Waals surface area contributed by atoms with E-state index in [2.05, 4.69) is 45.1 Å². The zero-order valence-corrected chi connectivity index (χ0v) is 14.5. The first-order valence-electron chi connectivity index (χ1n) is 8.67. The van der Waals surface area contributed by atoms with E-state index in [9.17, 15) is 0 Å². The molecule has 0 amide bonds. The number of hydrogen-bond donors (Lipinski definition) is 1. The maximum atomic E-state index is 5.97. The molecule has 0 saturated carbocycles. The first kappa shape index (κ1) is 18.0. The van der Waals surface area contributed by atoms with Gasteiger partial charge in [0.05, 0.1) is 19.7 Å². The zero-order chi connectivity index (χ0) is 15.5. The van der Waals surface area contributed by atoms with Crippen molar-refractivity contribution >= 4 is 0 Å². The molecule has 2 nitrogen and oxygen atoms in total. The summed E-state index contributed by atoms with van der Waals surface area (Å²) >= 11 is 0. The summed E-state index contributed by atoms with van der Waals surface area (Å²) in [5.41, 5.74) is 3.84. The van der Waals surface area contributed by atoms with Crippen LogP contribution in [0.2, 0.25) is 0 Å². The second-order valence-electron chi connectivity index (χ2n) is 6.21. The smallest absolute Gasteiger partial charge is 0.125 e. The first-order valence-corrected chi connectivity index (χ1v) is 8.67. The van der Waals surface area contributed by atoms with Gasteiger partial charge >= 0.3 is 0 Å². The minimum absolute atomic E-state index is 0.851. The van der Waals surface area contributed by atoms with E-state index in [-0.39, 0.29) is 0 Å². The fourth-order valence-corrected chi connectivity index (χ4v) is 2.81. The lowest BCUT2D eigenvalue weighted by Crippen LogP contribution is -2.84. The Hall–Kier alpha value is -1.02. The second-order valence-corrected chi connectivity index (χ2v) is 6.21. The quantitative estimate of drug-likeness (QED) is 0.615. The maximum Gasteiger partial charge on any atom is 0.125 e. The molecule has 0 atom stereocenters. The number of nitrogens with two attached hydrogens (primary N) is 1. The highest BCUT2D eigenvalue weighted by Gasteiger charge is 2.04. The number of aryl methyl sites for hydroxylation is 3. The van der Waals surface area contributed by atoms with Gasteiger partial charge in [0, 0.05) is 0 Å². The van der Waals surface area contributed by atoms with Crippen molar-refractivity contribution < 1.29 is 10.1 Å². The third-order valence-electron chi connectivity index (χ3n) is 3.92. The molecule has 0 aliphatic heterocycles. The predicted octanol–water partition coefficient (Wildman–Crippen LogP) is 3.91. The average Bonchev–Trinajstić information content (AvgIpc) is 2.43. The Bertz CT molecular complexity index is 378. The van der Waals surface area contributed by atoms with Gasteiger partial charge in [-0.25, -0.2) is 0 Å². The molecule has 0 aliphatic rings. The number of benzene rings is 1. The Kier molecular flexibility index (Phi) is 9.16. The topological polar surface area (TPSA) is 25.8 Å². The predicted molar refractivity (Wildman–Crippen MR) is 91.2 cm³/mol. The summed E-state index contributed by atoms with van der Waals surface area (Å²) in [6.45, 7) is 12.1. The van der Waals surface area contributed by atoms with E-state index in [1.807, 2.05) is 0 Å². The van der Waals surface area contributed by atoms with Crippen LogP contribution in [0.15, 0.2) is 12.1 Å². The molecule has 0 unspecified atom stereocenters. The molecule has 21 heavy (non-hydrogen) atoms. The number of hydrogen-bond acceptors (Lipinski definition) is 1. The fourth-order valence-electron chi connectivity index (χ4n) is 2.81. The van der Waals surface area contributed by atoms with Crippen LogP contribution < -0.4 is 10.1 Å². The standard InChI is InChI=1S/C19H33NO/c1-5-6-11-20-12-9-7-8-10-13-21-19-17(3)14-16(2)15-18(19)4/h14-15,20H,5-13H2,1-4H3/p+1. The average molecular weight is 292 g/mol. The van der Waals surface area contributed by atoms with Crippen molar-refractivity contribution in [1.29, 1.82) is 0 Å². The van der Waals surface area contributed by atoms with Gasteiger partial charge < -0.3 is 10.1 Å². The minimum atomic E-state index is 0.851. The maximum absolute atomic E-state index is 5.97. The normalized spacial score (nSPS) is 10.9. The van der Waals surface area contributed by atoms with Crippen LogP contribution in [0.5, 0.6) is 5.75 Å². The highest BCUT2D eigenvalue weighted by Crippen LogP contribution is 2.24. The molecule has 0 aliphatic carbocycles. The van der Waals surface area contributed by atoms with Gasteiger partial charge in [0.25, 0.3) is 0 Å². The molecule has 1 rings (SSSR count). The summed E-state index contributed by atoms with van der Waals surface area (Å²) in [4.78, 5) is 0. The highest BCUT2D eigenvalue weighted by atomic mass is 16.5. The summed E-state index contributed by atoms with van der Waals surface area (Å²) in [5, 5.41) is 2.46. The van der Waals surface area contributed by atoms with Crippen LogP contribution >= 0.6 is 0 Å². The van der Waals surface area contributed by atoms with E-state index in [0.717, 1.165) is 12.4 Å². The molecule has 0 saturated heterocycles. The number of unbranched alkanes of at least 4 members (excludes halogenated alkanes) is 4. The molecule has 0 fully saturated rings. The molecule has 0 bridgehead atoms. The van der Waals surface area contributed by atoms with Crippen LogP contribution in [0.25, 0.3) is 0 Å². The van der Waals surface area contributed by atoms with Crippen LogP contribution in [-0.2, 0) is 0 Å². The van der Waals surface area contributed by atoms with Crippen LogP contribution in [0, 0.1) is 20.8 Å². The lowest BCUT2D eigenvalue weighted by Gasteiger charge is -2.13. The lowest BCUT2D eigenvalue weighted by atomic mass is 10.1. The summed E-state index contributed by atoms with van der Waals surface area (Å²) in [6.07, 6.45) is 7.78. The molecule has 0 heterocycles. The Balaban J connectivity index is 2.07. The summed E-state index contributed by atoms with van der Waals surface area (Å²) < 4.78 is 5.97. The second kappa shape index (κ2) is 10.7. The molecule has 1 aromatic rings. The Labute approximate surface area is 131 Å². The van der Waals surface area contributed by atoms with Gasteiger partial charge in [0.15, 0.2) is 0 Å². The van der Waals surface area contributed by atoms with Gasteiger partial charge in [-0.2, -0.15) is 0 Å². The largest absolute Gasteiger partial charge is 0.493 e. The Morgan fingerprint density at radius 3 is 2.14 bits per heavy atom. The van der Waals surface area contributed by atoms with E-state index in [1.165, 1.54) is 68.3 Å². The molecular weight excluding hydrogens is 258 g/mol. The van der Waals surface area contributed by atoms with Crippen molar-refractivity contribution in [2.24, 2.45) is 0 Å². The molecule has 2 heteroatoms. The third kappa shape index (κ3) is 7.52. The van der Waals surface area contributed by atoms with Crippen molar-refractivity contribution in [2.45, 2.75) is 66.2 Å². The molecule has 0 radical (unpaired) electrons. The SMILES string of the molecule is CCCC[NH2+]CCCCCCOc1c(C)cc(C)cc1C. The van der Waals surface area contributed by atoms with Crippen molar-refractivity contribution in [3.05, 3.63) is 28.8 Å². The van der Waals surface area contributed by atoms with Crippen LogP contribution in [-0.4, -0.2) is 19.7 Å². The molecule has 120 valence electrons. The van der Waals surface area contributed by atoms with E-state index in [0.29, 0.717) is 0 Å². The van der Waals surface area contributed by atoms with E-state index < -0.39 is 0 Å². The number of quaternary nitrogens is 1. The van der Waals surface area contributed by atoms with Crippen molar-refractivity contribution in [3.8, 4) is 5.75 Å².